The summed E-state index contributed by atoms with van der Waals surface area (Å²) < 4.78 is 39.0. The van der Waals surface area contributed by atoms with Crippen LogP contribution < -0.4 is 16.0 Å². The highest BCUT2D eigenvalue weighted by Crippen LogP contribution is 2.40. The van der Waals surface area contributed by atoms with Gasteiger partial charge in [-0.05, 0) is 60.9 Å². The zero-order valence-corrected chi connectivity index (χ0v) is 23.1. The topological polar surface area (TPSA) is 103 Å². The molecule has 2 fully saturated rings. The molecule has 0 bridgehead atoms. The molecular formula is C31H33F2N5O3. The lowest BCUT2D eigenvalue weighted by Gasteiger charge is -2.43. The molecule has 2 atom stereocenters. The van der Waals surface area contributed by atoms with E-state index in [2.05, 4.69) is 24.9 Å². The number of benzene rings is 2. The normalized spacial score (nSPS) is 18.4. The van der Waals surface area contributed by atoms with E-state index in [1.54, 1.807) is 12.4 Å². The maximum absolute atomic E-state index is 14.2. The zero-order chi connectivity index (χ0) is 28.9. The number of carbonyl (C=O) groups excluding carboxylic acids is 1. The first-order chi connectivity index (χ1) is 19.8. The summed E-state index contributed by atoms with van der Waals surface area (Å²) in [5.74, 6) is -0.743. The van der Waals surface area contributed by atoms with Crippen LogP contribution in [-0.4, -0.2) is 67.9 Å². The van der Waals surface area contributed by atoms with Gasteiger partial charge in [-0.2, -0.15) is 0 Å². The summed E-state index contributed by atoms with van der Waals surface area (Å²) in [4.78, 5) is 21.0. The number of rotatable bonds is 5. The molecular weight excluding hydrogens is 528 g/mol. The lowest BCUT2D eigenvalue weighted by Crippen LogP contribution is -2.57. The van der Waals surface area contributed by atoms with Crippen LogP contribution in [-0.2, 0) is 14.3 Å². The molecule has 4 aromatic rings. The number of carbonyl (C=O) groups is 1. The number of nitrogens with zero attached hydrogens (tertiary/aromatic N) is 3. The minimum atomic E-state index is -0.624. The summed E-state index contributed by atoms with van der Waals surface area (Å²) in [6, 6.07) is 13.6. The number of ether oxygens (including phenoxy) is 2. The fraction of sp³-hybridized carbons (Fsp3) is 0.323. The van der Waals surface area contributed by atoms with Crippen molar-refractivity contribution >= 4 is 28.2 Å². The minimum absolute atomic E-state index is 0.0370. The van der Waals surface area contributed by atoms with E-state index in [0.717, 1.165) is 53.3 Å². The summed E-state index contributed by atoms with van der Waals surface area (Å²) in [6.45, 7) is 4.69. The van der Waals surface area contributed by atoms with Gasteiger partial charge >= 0.3 is 0 Å². The molecule has 0 radical (unpaired) electrons. The summed E-state index contributed by atoms with van der Waals surface area (Å²) in [5.41, 5.74) is 10.7. The number of Topliss-reactive ketones (excluding diaryl/α,β-unsaturated/α-hetero) is 1. The number of hydrogen-bond donors (Lipinski definition) is 2. The maximum atomic E-state index is 14.2. The van der Waals surface area contributed by atoms with Gasteiger partial charge in [-0.25, -0.2) is 13.8 Å². The van der Waals surface area contributed by atoms with Crippen LogP contribution in [0.1, 0.15) is 13.3 Å². The van der Waals surface area contributed by atoms with Gasteiger partial charge in [-0.3, -0.25) is 9.78 Å². The minimum Gasteiger partial charge on any atom is -0.383 e. The molecule has 2 aliphatic rings. The van der Waals surface area contributed by atoms with Crippen LogP contribution in [0.15, 0.2) is 60.9 Å². The quantitative estimate of drug-likeness (QED) is 0.364. The fourth-order valence-corrected chi connectivity index (χ4v) is 5.45. The van der Waals surface area contributed by atoms with Crippen molar-refractivity contribution in [1.82, 2.24) is 15.3 Å². The van der Waals surface area contributed by atoms with Crippen LogP contribution in [0, 0.1) is 11.6 Å². The smallest absolute Gasteiger partial charge is 0.155 e. The van der Waals surface area contributed by atoms with E-state index < -0.39 is 11.6 Å². The Morgan fingerprint density at radius 1 is 1.12 bits per heavy atom. The van der Waals surface area contributed by atoms with Gasteiger partial charge in [0.2, 0.25) is 0 Å². The Kier molecular flexibility index (Phi) is 8.82. The second kappa shape index (κ2) is 12.7. The van der Waals surface area contributed by atoms with Crippen molar-refractivity contribution in [2.75, 3.05) is 50.6 Å². The number of methoxy groups -OCH3 is 1. The largest absolute Gasteiger partial charge is 0.383 e. The van der Waals surface area contributed by atoms with Crippen LogP contribution in [0.5, 0.6) is 0 Å². The average molecular weight is 562 g/mol. The van der Waals surface area contributed by atoms with Gasteiger partial charge in [-0.1, -0.05) is 6.07 Å². The molecule has 0 amide bonds. The van der Waals surface area contributed by atoms with Crippen molar-refractivity contribution in [2.24, 2.45) is 0 Å². The Morgan fingerprint density at radius 2 is 1.93 bits per heavy atom. The highest BCUT2D eigenvalue weighted by Gasteiger charge is 2.33. The molecule has 4 heterocycles. The predicted molar refractivity (Wildman–Crippen MR) is 156 cm³/mol. The van der Waals surface area contributed by atoms with Crippen molar-refractivity contribution in [3.63, 3.8) is 0 Å². The molecule has 8 nitrogen and oxygen atoms in total. The predicted octanol–water partition coefficient (Wildman–Crippen LogP) is 4.61. The van der Waals surface area contributed by atoms with Crippen molar-refractivity contribution in [2.45, 2.75) is 25.5 Å². The SMILES string of the molecule is COCC(C)=O.Nc1ncccc1-c1ccc2ncc(-c3cc(F)cc(F)c3)c(N3CCC4NCCO[C@@H]4C3)c2c1. The number of fused-ring (bicyclic) bond motifs is 2. The van der Waals surface area contributed by atoms with E-state index in [-0.39, 0.29) is 18.5 Å². The van der Waals surface area contributed by atoms with Crippen LogP contribution in [0.25, 0.3) is 33.2 Å². The Labute approximate surface area is 237 Å². The highest BCUT2D eigenvalue weighted by molar-refractivity contribution is 6.02. The first-order valence-corrected chi connectivity index (χ1v) is 13.5. The van der Waals surface area contributed by atoms with Gasteiger partial charge in [0, 0.05) is 67.8 Å². The molecule has 0 aliphatic carbocycles. The van der Waals surface area contributed by atoms with Gasteiger partial charge in [0.1, 0.15) is 24.1 Å². The van der Waals surface area contributed by atoms with E-state index >= 15 is 0 Å². The lowest BCUT2D eigenvalue weighted by molar-refractivity contribution is -0.120. The standard InChI is InChI=1S/C27H25F2N5O.C4H8O2/c28-18-10-17(11-19(29)13-18)22-14-33-23-4-3-16(20-2-1-6-32-27(20)30)12-21(23)26(22)34-8-5-24-25(15-34)35-9-7-31-24;1-4(5)3-6-2/h1-4,6,10-14,24-25,31H,5,7-9,15H2,(H2,30,32);3H2,1-2H3/t24?,25-;/m1./s1. The van der Waals surface area contributed by atoms with Gasteiger partial charge in [-0.15, -0.1) is 0 Å². The maximum Gasteiger partial charge on any atom is 0.155 e. The van der Waals surface area contributed by atoms with E-state index in [4.69, 9.17) is 10.5 Å². The first-order valence-electron chi connectivity index (χ1n) is 13.5. The first kappa shape index (κ1) is 28.5. The van der Waals surface area contributed by atoms with Crippen molar-refractivity contribution < 1.29 is 23.0 Å². The molecule has 1 unspecified atom stereocenters. The molecule has 0 spiro atoms. The van der Waals surface area contributed by atoms with Crippen LogP contribution in [0.2, 0.25) is 0 Å². The third-order valence-corrected chi connectivity index (χ3v) is 7.23. The number of pyridine rings is 2. The van der Waals surface area contributed by atoms with Crippen LogP contribution in [0.4, 0.5) is 20.3 Å². The molecule has 10 heteroatoms. The number of aromatic nitrogens is 2. The van der Waals surface area contributed by atoms with Crippen LogP contribution >= 0.6 is 0 Å². The van der Waals surface area contributed by atoms with Crippen molar-refractivity contribution in [3.8, 4) is 22.3 Å². The van der Waals surface area contributed by atoms with E-state index in [1.807, 2.05) is 30.3 Å². The molecule has 2 aliphatic heterocycles. The van der Waals surface area contributed by atoms with Crippen LogP contribution in [0.3, 0.4) is 0 Å². The number of piperidine rings is 1. The summed E-state index contributed by atoms with van der Waals surface area (Å²) in [7, 11) is 1.50. The number of halogens is 2. The summed E-state index contributed by atoms with van der Waals surface area (Å²) in [5, 5.41) is 4.43. The van der Waals surface area contributed by atoms with E-state index in [1.165, 1.54) is 26.2 Å². The molecule has 0 saturated carbocycles. The lowest BCUT2D eigenvalue weighted by atomic mass is 9.95. The number of nitrogens with two attached hydrogens (primary N) is 1. The molecule has 2 aromatic heterocycles. The third kappa shape index (κ3) is 6.51. The molecule has 6 rings (SSSR count). The Hall–Kier alpha value is -3.99. The molecule has 3 N–H and O–H groups in total. The second-order valence-electron chi connectivity index (χ2n) is 10.2. The Balaban J connectivity index is 0.000000511. The van der Waals surface area contributed by atoms with Gasteiger partial charge < -0.3 is 25.4 Å². The Morgan fingerprint density at radius 3 is 2.63 bits per heavy atom. The van der Waals surface area contributed by atoms with Crippen molar-refractivity contribution in [1.29, 1.82) is 0 Å². The number of ketones is 1. The van der Waals surface area contributed by atoms with Crippen molar-refractivity contribution in [3.05, 3.63) is 72.6 Å². The third-order valence-electron chi connectivity index (χ3n) is 7.23. The van der Waals surface area contributed by atoms with Gasteiger partial charge in [0.05, 0.1) is 23.9 Å². The second-order valence-corrected chi connectivity index (χ2v) is 10.2. The molecule has 2 saturated heterocycles. The van der Waals surface area contributed by atoms with Gasteiger partial charge in [0.25, 0.3) is 0 Å². The zero-order valence-electron chi connectivity index (χ0n) is 23.1. The molecule has 41 heavy (non-hydrogen) atoms. The molecule has 2 aromatic carbocycles. The number of nitrogens with one attached hydrogen (secondary N) is 1. The summed E-state index contributed by atoms with van der Waals surface area (Å²) >= 11 is 0. The summed E-state index contributed by atoms with van der Waals surface area (Å²) in [6.07, 6.45) is 4.30. The van der Waals surface area contributed by atoms with E-state index in [9.17, 15) is 13.6 Å². The fourth-order valence-electron chi connectivity index (χ4n) is 5.45. The number of morpholine rings is 1. The highest BCUT2D eigenvalue weighted by atomic mass is 19.1. The monoisotopic (exact) mass is 561 g/mol. The number of hydrogen-bond acceptors (Lipinski definition) is 8. The van der Waals surface area contributed by atoms with E-state index in [0.29, 0.717) is 36.1 Å². The number of nitrogen functional groups attached to an aromatic ring is 1. The van der Waals surface area contributed by atoms with Gasteiger partial charge in [0.15, 0.2) is 5.78 Å². The Bertz CT molecular complexity index is 1530. The molecule has 214 valence electrons. The average Bonchev–Trinajstić information content (AvgIpc) is 2.96. The number of anilines is 2.